The van der Waals surface area contributed by atoms with E-state index in [1.807, 2.05) is 26.1 Å². The minimum atomic E-state index is -1.17. The molecule has 8 heteroatoms. The van der Waals surface area contributed by atoms with Gasteiger partial charge in [0.2, 0.25) is 5.91 Å². The van der Waals surface area contributed by atoms with Crippen LogP contribution >= 0.6 is 11.8 Å². The maximum Gasteiger partial charge on any atom is 0.413 e. The Kier molecular flexibility index (Phi) is 6.40. The van der Waals surface area contributed by atoms with E-state index in [0.717, 1.165) is 7.11 Å². The van der Waals surface area contributed by atoms with Crippen molar-refractivity contribution in [1.29, 1.82) is 0 Å². The van der Waals surface area contributed by atoms with Crippen molar-refractivity contribution >= 4 is 34.8 Å². The monoisotopic (exact) mass is 331 g/mol. The van der Waals surface area contributed by atoms with Crippen LogP contribution in [-0.2, 0) is 23.9 Å². The lowest BCUT2D eigenvalue weighted by molar-refractivity contribution is -0.160. The predicted octanol–water partition coefficient (Wildman–Crippen LogP) is 1.50. The Morgan fingerprint density at radius 3 is 2.55 bits per heavy atom. The van der Waals surface area contributed by atoms with Gasteiger partial charge in [-0.05, 0) is 12.3 Å². The van der Waals surface area contributed by atoms with Crippen LogP contribution in [0.5, 0.6) is 0 Å². The Bertz CT molecular complexity index is 470. The van der Waals surface area contributed by atoms with Crippen LogP contribution < -0.4 is 5.32 Å². The molecule has 2 amide bonds. The first-order chi connectivity index (χ1) is 10.1. The summed E-state index contributed by atoms with van der Waals surface area (Å²) in [4.78, 5) is 47.0. The lowest BCUT2D eigenvalue weighted by Crippen LogP contribution is -2.46. The fourth-order valence-electron chi connectivity index (χ4n) is 2.13. The molecule has 1 aliphatic rings. The van der Waals surface area contributed by atoms with Gasteiger partial charge >= 0.3 is 12.1 Å². The van der Waals surface area contributed by atoms with Crippen molar-refractivity contribution in [3.8, 4) is 0 Å². The van der Waals surface area contributed by atoms with Crippen molar-refractivity contribution in [2.24, 2.45) is 11.8 Å². The summed E-state index contributed by atoms with van der Waals surface area (Å²) < 4.78 is 8.96. The molecule has 124 valence electrons. The number of imide groups is 1. The highest BCUT2D eigenvalue weighted by molar-refractivity contribution is 8.14. The molecule has 2 atom stereocenters. The number of ether oxygens (including phenoxy) is 2. The van der Waals surface area contributed by atoms with Gasteiger partial charge in [0.05, 0.1) is 13.7 Å². The number of hydrogen-bond acceptors (Lipinski definition) is 7. The van der Waals surface area contributed by atoms with E-state index in [4.69, 9.17) is 4.74 Å². The molecule has 1 heterocycles. The third-order valence-electron chi connectivity index (χ3n) is 3.00. The summed E-state index contributed by atoms with van der Waals surface area (Å²) in [7, 11) is 1.11. The molecule has 0 aromatic rings. The zero-order chi connectivity index (χ0) is 16.9. The third-order valence-corrected chi connectivity index (χ3v) is 4.01. The van der Waals surface area contributed by atoms with Crippen molar-refractivity contribution in [1.82, 2.24) is 5.32 Å². The van der Waals surface area contributed by atoms with Gasteiger partial charge in [0.25, 0.3) is 0 Å². The van der Waals surface area contributed by atoms with E-state index >= 15 is 0 Å². The average Bonchev–Trinajstić information content (AvgIpc) is 2.35. The fourth-order valence-corrected chi connectivity index (χ4v) is 3.11. The summed E-state index contributed by atoms with van der Waals surface area (Å²) in [6.45, 7) is 5.89. The van der Waals surface area contributed by atoms with Crippen LogP contribution in [0, 0.1) is 11.8 Å². The van der Waals surface area contributed by atoms with E-state index in [1.54, 1.807) is 0 Å². The van der Waals surface area contributed by atoms with E-state index in [0.29, 0.717) is 6.42 Å². The van der Waals surface area contributed by atoms with Gasteiger partial charge in [0.1, 0.15) is 5.92 Å². The molecule has 0 aromatic heterocycles. The largest absolute Gasteiger partial charge is 0.465 e. The van der Waals surface area contributed by atoms with E-state index < -0.39 is 29.8 Å². The SMILES string of the molecule is COC(=O)NC(=O)C1C(=O)OCCC1CC(=O)SC(C)(C)C. The number of carbonyl (C=O) groups is 4. The highest BCUT2D eigenvalue weighted by Crippen LogP contribution is 2.32. The fraction of sp³-hybridized carbons (Fsp3) is 0.714. The van der Waals surface area contributed by atoms with Crippen LogP contribution in [0.1, 0.15) is 33.6 Å². The van der Waals surface area contributed by atoms with Crippen molar-refractivity contribution < 1.29 is 28.7 Å². The quantitative estimate of drug-likeness (QED) is 0.618. The molecule has 0 aromatic carbocycles. The first-order valence-electron chi connectivity index (χ1n) is 6.91. The van der Waals surface area contributed by atoms with Crippen LogP contribution in [0.3, 0.4) is 0 Å². The molecule has 0 bridgehead atoms. The summed E-state index contributed by atoms with van der Waals surface area (Å²) in [5.41, 5.74) is 0. The summed E-state index contributed by atoms with van der Waals surface area (Å²) in [5.74, 6) is -3.16. The minimum absolute atomic E-state index is 0.0797. The molecule has 1 N–H and O–H groups in total. The predicted molar refractivity (Wildman–Crippen MR) is 80.1 cm³/mol. The number of hydrogen-bond donors (Lipinski definition) is 1. The van der Waals surface area contributed by atoms with Crippen molar-refractivity contribution in [3.63, 3.8) is 0 Å². The summed E-state index contributed by atoms with van der Waals surface area (Å²) in [6.07, 6.45) is -0.463. The molecule has 0 aliphatic carbocycles. The van der Waals surface area contributed by atoms with Gasteiger partial charge in [-0.25, -0.2) is 4.79 Å². The summed E-state index contributed by atoms with van der Waals surface area (Å²) in [5, 5.41) is 1.87. The van der Waals surface area contributed by atoms with Gasteiger partial charge in [-0.2, -0.15) is 0 Å². The van der Waals surface area contributed by atoms with Crippen molar-refractivity contribution in [3.05, 3.63) is 0 Å². The average molecular weight is 331 g/mol. The molecule has 1 saturated heterocycles. The van der Waals surface area contributed by atoms with Crippen LogP contribution in [0.15, 0.2) is 0 Å². The molecule has 0 spiro atoms. The van der Waals surface area contributed by atoms with Gasteiger partial charge in [-0.15, -0.1) is 0 Å². The maximum atomic E-state index is 12.1. The number of alkyl carbamates (subject to hydrolysis) is 1. The number of nitrogens with one attached hydrogen (secondary N) is 1. The molecular formula is C14H21NO6S. The second kappa shape index (κ2) is 7.62. The Morgan fingerprint density at radius 2 is 2.00 bits per heavy atom. The van der Waals surface area contributed by atoms with E-state index in [9.17, 15) is 19.2 Å². The zero-order valence-electron chi connectivity index (χ0n) is 13.1. The summed E-state index contributed by atoms with van der Waals surface area (Å²) >= 11 is 1.17. The molecule has 1 aliphatic heterocycles. The Morgan fingerprint density at radius 1 is 1.36 bits per heavy atom. The smallest absolute Gasteiger partial charge is 0.413 e. The third kappa shape index (κ3) is 5.67. The Labute approximate surface area is 133 Å². The first-order valence-corrected chi connectivity index (χ1v) is 7.73. The Balaban J connectivity index is 2.77. The molecule has 1 fully saturated rings. The van der Waals surface area contributed by atoms with Crippen LogP contribution in [0.25, 0.3) is 0 Å². The number of rotatable bonds is 3. The second-order valence-electron chi connectivity index (χ2n) is 5.97. The zero-order valence-corrected chi connectivity index (χ0v) is 14.0. The Hall–Kier alpha value is -1.57. The van der Waals surface area contributed by atoms with Crippen LogP contribution in [0.2, 0.25) is 0 Å². The lowest BCUT2D eigenvalue weighted by Gasteiger charge is -2.29. The molecule has 0 radical (unpaired) electrons. The number of carbonyl (C=O) groups excluding carboxylic acids is 4. The molecule has 2 unspecified atom stereocenters. The van der Waals surface area contributed by atoms with E-state index in [2.05, 4.69) is 4.74 Å². The van der Waals surface area contributed by atoms with Gasteiger partial charge in [0.15, 0.2) is 5.12 Å². The van der Waals surface area contributed by atoms with E-state index in [1.165, 1.54) is 11.8 Å². The topological polar surface area (TPSA) is 98.8 Å². The number of esters is 1. The van der Waals surface area contributed by atoms with Gasteiger partial charge in [-0.1, -0.05) is 32.5 Å². The number of thioether (sulfide) groups is 1. The summed E-state index contributed by atoms with van der Waals surface area (Å²) in [6, 6.07) is 0. The number of methoxy groups -OCH3 is 1. The standard InChI is InChI=1S/C14H21NO6S/c1-14(2,3)22-9(16)7-8-5-6-21-12(18)10(8)11(17)15-13(19)20-4/h8,10H,5-7H2,1-4H3,(H,15,17,19). The highest BCUT2D eigenvalue weighted by atomic mass is 32.2. The molecule has 7 nitrogen and oxygen atoms in total. The van der Waals surface area contributed by atoms with Crippen LogP contribution in [-0.4, -0.2) is 41.5 Å². The maximum absolute atomic E-state index is 12.1. The second-order valence-corrected chi connectivity index (χ2v) is 7.85. The van der Waals surface area contributed by atoms with Crippen molar-refractivity contribution in [2.45, 2.75) is 38.4 Å². The van der Waals surface area contributed by atoms with Gasteiger partial charge in [0, 0.05) is 11.2 Å². The molecule has 0 saturated carbocycles. The normalized spacial score (nSPS) is 21.7. The minimum Gasteiger partial charge on any atom is -0.465 e. The van der Waals surface area contributed by atoms with Crippen LogP contribution in [0.4, 0.5) is 4.79 Å². The van der Waals surface area contributed by atoms with Gasteiger partial charge < -0.3 is 9.47 Å². The number of cyclic esters (lactones) is 1. The van der Waals surface area contributed by atoms with Gasteiger partial charge in [-0.3, -0.25) is 19.7 Å². The van der Waals surface area contributed by atoms with E-state index in [-0.39, 0.29) is 22.9 Å². The molecule has 1 rings (SSSR count). The first kappa shape index (κ1) is 18.5. The highest BCUT2D eigenvalue weighted by Gasteiger charge is 2.41. The lowest BCUT2D eigenvalue weighted by atomic mass is 9.85. The molecular weight excluding hydrogens is 310 g/mol. The number of amides is 2. The molecule has 22 heavy (non-hydrogen) atoms. The van der Waals surface area contributed by atoms with Crippen molar-refractivity contribution in [2.75, 3.05) is 13.7 Å².